The van der Waals surface area contributed by atoms with Crippen LogP contribution in [0.1, 0.15) is 34.1 Å². The monoisotopic (exact) mass is 541 g/mol. The Bertz CT molecular complexity index is 1470. The molecule has 0 aliphatic carbocycles. The molecule has 8 nitrogen and oxygen atoms in total. The molecule has 0 aliphatic rings. The van der Waals surface area contributed by atoms with Crippen molar-refractivity contribution < 1.29 is 27.5 Å². The van der Waals surface area contributed by atoms with E-state index in [4.69, 9.17) is 9.47 Å². The molecule has 10 heteroatoms. The van der Waals surface area contributed by atoms with Gasteiger partial charge in [0.1, 0.15) is 13.2 Å². The molecule has 1 heterocycles. The SMILES string of the molecule is CCc1cn(S(=O)(=O)NC(=O)OCc2ccccc2)c(C(=O)OCc2ccccc2)c1-c1ccccc1.[Na]. The van der Waals surface area contributed by atoms with Gasteiger partial charge in [-0.15, -0.1) is 0 Å². The number of aromatic nitrogens is 1. The van der Waals surface area contributed by atoms with Crippen LogP contribution >= 0.6 is 0 Å². The molecule has 1 N–H and O–H groups in total. The summed E-state index contributed by atoms with van der Waals surface area (Å²) in [5.41, 5.74) is 2.90. The maximum atomic E-state index is 13.4. The summed E-state index contributed by atoms with van der Waals surface area (Å²) in [5.74, 6) is -0.842. The van der Waals surface area contributed by atoms with Crippen LogP contribution in [0, 0.1) is 0 Å². The van der Waals surface area contributed by atoms with E-state index in [1.165, 1.54) is 6.20 Å². The molecule has 0 saturated heterocycles. The van der Waals surface area contributed by atoms with E-state index in [1.54, 1.807) is 60.7 Å². The number of aryl methyl sites for hydroxylation is 1. The van der Waals surface area contributed by atoms with Gasteiger partial charge in [-0.3, -0.25) is 0 Å². The molecule has 0 spiro atoms. The Morgan fingerprint density at radius 2 is 1.29 bits per heavy atom. The summed E-state index contributed by atoms with van der Waals surface area (Å²) in [6, 6.07) is 26.9. The van der Waals surface area contributed by atoms with Crippen molar-refractivity contribution in [2.75, 3.05) is 0 Å². The molecule has 0 unspecified atom stereocenters. The number of esters is 1. The van der Waals surface area contributed by atoms with E-state index in [9.17, 15) is 18.0 Å². The minimum Gasteiger partial charge on any atom is -0.456 e. The van der Waals surface area contributed by atoms with Gasteiger partial charge in [0.05, 0.1) is 0 Å². The Morgan fingerprint density at radius 1 is 0.789 bits per heavy atom. The number of hydrogen-bond acceptors (Lipinski definition) is 6. The second-order valence-electron chi connectivity index (χ2n) is 8.12. The van der Waals surface area contributed by atoms with E-state index < -0.39 is 22.3 Å². The van der Waals surface area contributed by atoms with Crippen molar-refractivity contribution in [3.8, 4) is 11.1 Å². The largest absolute Gasteiger partial charge is 0.456 e. The quantitative estimate of drug-likeness (QED) is 0.243. The minimum absolute atomic E-state index is 0. The molecule has 1 radical (unpaired) electrons. The van der Waals surface area contributed by atoms with Crippen LogP contribution in [0.2, 0.25) is 0 Å². The van der Waals surface area contributed by atoms with Gasteiger partial charge in [-0.1, -0.05) is 97.9 Å². The number of ether oxygens (including phenoxy) is 2. The molecule has 191 valence electrons. The molecule has 0 saturated carbocycles. The van der Waals surface area contributed by atoms with E-state index >= 15 is 0 Å². The fourth-order valence-electron chi connectivity index (χ4n) is 3.81. The number of benzene rings is 3. The number of carbonyl (C=O) groups is 2. The van der Waals surface area contributed by atoms with Crippen LogP contribution in [0.5, 0.6) is 0 Å². The van der Waals surface area contributed by atoms with E-state index in [2.05, 4.69) is 0 Å². The van der Waals surface area contributed by atoms with Gasteiger partial charge in [-0.05, 0) is 28.7 Å². The number of nitrogens with zero attached hydrogens (tertiary/aromatic N) is 1. The van der Waals surface area contributed by atoms with Crippen LogP contribution < -0.4 is 4.72 Å². The topological polar surface area (TPSA) is 104 Å². The first-order chi connectivity index (χ1) is 17.9. The van der Waals surface area contributed by atoms with Gasteiger partial charge in [0, 0.05) is 41.3 Å². The van der Waals surface area contributed by atoms with E-state index in [0.717, 1.165) is 9.54 Å². The zero-order valence-corrected chi connectivity index (χ0v) is 24.0. The summed E-state index contributed by atoms with van der Waals surface area (Å²) in [5, 5.41) is 0. The van der Waals surface area contributed by atoms with Gasteiger partial charge in [0.25, 0.3) is 0 Å². The average Bonchev–Trinajstić information content (AvgIpc) is 3.33. The van der Waals surface area contributed by atoms with Gasteiger partial charge < -0.3 is 9.47 Å². The Kier molecular flexibility index (Phi) is 10.3. The van der Waals surface area contributed by atoms with Crippen molar-refractivity contribution in [3.05, 3.63) is 120 Å². The molecule has 1 aromatic heterocycles. The number of nitrogens with one attached hydrogen (secondary N) is 1. The predicted octanol–water partition coefficient (Wildman–Crippen LogP) is 4.71. The Morgan fingerprint density at radius 3 is 1.82 bits per heavy atom. The maximum absolute atomic E-state index is 13.4. The molecule has 4 aromatic rings. The first-order valence-corrected chi connectivity index (χ1v) is 13.1. The third-order valence-electron chi connectivity index (χ3n) is 5.58. The van der Waals surface area contributed by atoms with Gasteiger partial charge in [0.15, 0.2) is 5.69 Å². The molecule has 4 rings (SSSR count). The van der Waals surface area contributed by atoms with Crippen LogP contribution in [-0.2, 0) is 39.3 Å². The summed E-state index contributed by atoms with van der Waals surface area (Å²) < 4.78 is 39.9. The Balaban J connectivity index is 0.00000400. The first-order valence-electron chi connectivity index (χ1n) is 11.6. The number of rotatable bonds is 9. The zero-order chi connectivity index (χ0) is 26.3. The van der Waals surface area contributed by atoms with Crippen molar-refractivity contribution in [3.63, 3.8) is 0 Å². The Hall–Kier alpha value is -3.37. The third-order valence-corrected chi connectivity index (χ3v) is 6.82. The fraction of sp³-hybridized carbons (Fsp3) is 0.143. The predicted molar refractivity (Wildman–Crippen MR) is 145 cm³/mol. The molecule has 0 fully saturated rings. The molecule has 3 aromatic carbocycles. The van der Waals surface area contributed by atoms with Crippen LogP contribution in [0.25, 0.3) is 11.1 Å². The number of amides is 1. The minimum atomic E-state index is -4.55. The molecule has 0 bridgehead atoms. The van der Waals surface area contributed by atoms with Gasteiger partial charge in [-0.2, -0.15) is 8.42 Å². The summed E-state index contributed by atoms with van der Waals surface area (Å²) in [6.07, 6.45) is 0.596. The van der Waals surface area contributed by atoms with Crippen molar-refractivity contribution in [2.45, 2.75) is 26.6 Å². The van der Waals surface area contributed by atoms with Crippen molar-refractivity contribution in [1.82, 2.24) is 8.69 Å². The van der Waals surface area contributed by atoms with Crippen LogP contribution in [0.3, 0.4) is 0 Å². The third kappa shape index (κ3) is 7.14. The second-order valence-corrected chi connectivity index (χ2v) is 9.67. The van der Waals surface area contributed by atoms with Gasteiger partial charge in [-0.25, -0.2) is 18.3 Å². The van der Waals surface area contributed by atoms with Crippen LogP contribution in [-0.4, -0.2) is 54.0 Å². The summed E-state index contributed by atoms with van der Waals surface area (Å²) in [6.45, 7) is 1.68. The number of hydrogen-bond donors (Lipinski definition) is 1. The fourth-order valence-corrected chi connectivity index (χ4v) is 4.85. The Labute approximate surface area is 244 Å². The van der Waals surface area contributed by atoms with Crippen molar-refractivity contribution in [1.29, 1.82) is 0 Å². The summed E-state index contributed by atoms with van der Waals surface area (Å²) in [7, 11) is -4.55. The molecule has 0 aliphatic heterocycles. The van der Waals surface area contributed by atoms with Crippen molar-refractivity contribution >= 4 is 51.8 Å². The van der Waals surface area contributed by atoms with E-state index in [-0.39, 0.29) is 48.5 Å². The first kappa shape index (κ1) is 29.2. The van der Waals surface area contributed by atoms with E-state index in [0.29, 0.717) is 28.7 Å². The maximum Gasteiger partial charge on any atom is 0.422 e. The van der Waals surface area contributed by atoms with Gasteiger partial charge in [0.2, 0.25) is 0 Å². The second kappa shape index (κ2) is 13.4. The van der Waals surface area contributed by atoms with Gasteiger partial charge >= 0.3 is 22.3 Å². The normalized spacial score (nSPS) is 10.8. The van der Waals surface area contributed by atoms with Crippen LogP contribution in [0.15, 0.2) is 97.2 Å². The molecular weight excluding hydrogens is 515 g/mol. The smallest absolute Gasteiger partial charge is 0.422 e. The van der Waals surface area contributed by atoms with Crippen LogP contribution in [0.4, 0.5) is 4.79 Å². The molecule has 38 heavy (non-hydrogen) atoms. The molecular formula is C28H26N2NaO6S. The molecule has 0 atom stereocenters. The zero-order valence-electron chi connectivity index (χ0n) is 21.2. The molecule has 1 amide bonds. The average molecular weight is 542 g/mol. The standard InChI is InChI=1S/C28H26N2O6S.Na/c1-2-23-18-30(37(33,34)29-28(32)36-20-22-14-8-4-9-15-22)26(25(23)24-16-10-5-11-17-24)27(31)35-19-21-12-6-3-7-13-21;/h3-18H,2,19-20H2,1H3,(H,29,32);. The summed E-state index contributed by atoms with van der Waals surface area (Å²) in [4.78, 5) is 25.7. The van der Waals surface area contributed by atoms with E-state index in [1.807, 2.05) is 42.0 Å². The number of carbonyl (C=O) groups excluding carboxylic acids is 2. The van der Waals surface area contributed by atoms with Crippen molar-refractivity contribution in [2.24, 2.45) is 0 Å². The summed E-state index contributed by atoms with van der Waals surface area (Å²) >= 11 is 0.